The molecule has 1 atom stereocenters. The molecule has 0 saturated carbocycles. The number of nitrogens with one attached hydrogen (secondary N) is 2. The monoisotopic (exact) mass is 371 g/mol. The number of fused-ring (bicyclic) bond motifs is 1. The van der Waals surface area contributed by atoms with Gasteiger partial charge in [-0.2, -0.15) is 0 Å². The molecule has 0 bridgehead atoms. The molecule has 2 aromatic carbocycles. The lowest BCUT2D eigenvalue weighted by molar-refractivity contribution is -0.115. The number of anilines is 3. The van der Waals surface area contributed by atoms with E-state index < -0.39 is 0 Å². The molecule has 1 unspecified atom stereocenters. The van der Waals surface area contributed by atoms with Crippen molar-refractivity contribution in [2.75, 3.05) is 35.7 Å². The standard InChI is InChI=1S/C19H21N3O3S/c1-12-18(24)21-16-11-13(3-8-17(16)26-12)19(25)20-14-4-6-15(7-5-14)22(2)9-10-23/h3-8,11-12,23H,9-10H2,1-2H3,(H,20,25)(H,21,24). The number of aliphatic hydroxyl groups is 1. The number of benzene rings is 2. The van der Waals surface area contributed by atoms with Crippen molar-refractivity contribution in [3.05, 3.63) is 48.0 Å². The summed E-state index contributed by atoms with van der Waals surface area (Å²) in [4.78, 5) is 27.2. The van der Waals surface area contributed by atoms with Crippen molar-refractivity contribution in [2.45, 2.75) is 17.1 Å². The summed E-state index contributed by atoms with van der Waals surface area (Å²) >= 11 is 1.49. The van der Waals surface area contributed by atoms with Crippen LogP contribution in [0.1, 0.15) is 17.3 Å². The zero-order valence-electron chi connectivity index (χ0n) is 14.7. The summed E-state index contributed by atoms with van der Waals surface area (Å²) in [5.74, 6) is -0.287. The van der Waals surface area contributed by atoms with Gasteiger partial charge in [-0.3, -0.25) is 9.59 Å². The van der Waals surface area contributed by atoms with Crippen LogP contribution in [-0.4, -0.2) is 42.4 Å². The molecule has 0 aromatic heterocycles. The molecule has 3 N–H and O–H groups in total. The lowest BCUT2D eigenvalue weighted by atomic mass is 10.1. The van der Waals surface area contributed by atoms with Crippen molar-refractivity contribution in [3.8, 4) is 0 Å². The number of rotatable bonds is 5. The molecule has 6 nitrogen and oxygen atoms in total. The maximum Gasteiger partial charge on any atom is 0.255 e. The van der Waals surface area contributed by atoms with E-state index in [1.54, 1.807) is 12.1 Å². The Labute approximate surface area is 156 Å². The second-order valence-corrected chi connectivity index (χ2v) is 7.49. The van der Waals surface area contributed by atoms with Crippen molar-refractivity contribution < 1.29 is 14.7 Å². The summed E-state index contributed by atoms with van der Waals surface area (Å²) in [5.41, 5.74) is 2.80. The Morgan fingerprint density at radius 1 is 1.27 bits per heavy atom. The number of hydrogen-bond donors (Lipinski definition) is 3. The van der Waals surface area contributed by atoms with E-state index in [9.17, 15) is 9.59 Å². The SMILES string of the molecule is CC1Sc2ccc(C(=O)Nc3ccc(N(C)CCO)cc3)cc2NC1=O. The summed E-state index contributed by atoms with van der Waals surface area (Å²) in [5, 5.41) is 14.5. The van der Waals surface area contributed by atoms with Crippen LogP contribution in [0.25, 0.3) is 0 Å². The van der Waals surface area contributed by atoms with E-state index >= 15 is 0 Å². The number of amides is 2. The fourth-order valence-corrected chi connectivity index (χ4v) is 3.56. The Morgan fingerprint density at radius 3 is 2.69 bits per heavy atom. The molecular formula is C19H21N3O3S. The van der Waals surface area contributed by atoms with Gasteiger partial charge in [0.1, 0.15) is 0 Å². The molecule has 26 heavy (non-hydrogen) atoms. The minimum absolute atomic E-state index is 0.0531. The van der Waals surface area contributed by atoms with Gasteiger partial charge in [0.2, 0.25) is 5.91 Å². The summed E-state index contributed by atoms with van der Waals surface area (Å²) in [7, 11) is 1.89. The quantitative estimate of drug-likeness (QED) is 0.753. The van der Waals surface area contributed by atoms with Crippen LogP contribution in [0, 0.1) is 0 Å². The lowest BCUT2D eigenvalue weighted by Gasteiger charge is -2.21. The van der Waals surface area contributed by atoms with Crippen molar-refractivity contribution in [2.24, 2.45) is 0 Å². The lowest BCUT2D eigenvalue weighted by Crippen LogP contribution is -2.26. The van der Waals surface area contributed by atoms with E-state index in [0.717, 1.165) is 10.6 Å². The van der Waals surface area contributed by atoms with Crippen LogP contribution in [0.2, 0.25) is 0 Å². The van der Waals surface area contributed by atoms with E-state index in [1.165, 1.54) is 11.8 Å². The molecule has 1 aliphatic rings. The molecule has 3 rings (SSSR count). The number of thioether (sulfide) groups is 1. The molecule has 2 aromatic rings. The molecule has 2 amide bonds. The number of likely N-dealkylation sites (N-methyl/N-ethyl adjacent to an activating group) is 1. The van der Waals surface area contributed by atoms with Gasteiger partial charge in [-0.25, -0.2) is 0 Å². The van der Waals surface area contributed by atoms with Crippen LogP contribution in [0.5, 0.6) is 0 Å². The van der Waals surface area contributed by atoms with E-state index in [4.69, 9.17) is 5.11 Å². The fourth-order valence-electron chi connectivity index (χ4n) is 2.63. The summed E-state index contributed by atoms with van der Waals surface area (Å²) in [6.45, 7) is 2.48. The zero-order valence-corrected chi connectivity index (χ0v) is 15.5. The van der Waals surface area contributed by atoms with Crippen LogP contribution in [-0.2, 0) is 4.79 Å². The second-order valence-electron chi connectivity index (χ2n) is 6.11. The minimum atomic E-state index is -0.234. The molecule has 0 radical (unpaired) electrons. The molecule has 1 aliphatic heterocycles. The van der Waals surface area contributed by atoms with Crippen LogP contribution in [0.15, 0.2) is 47.4 Å². The van der Waals surface area contributed by atoms with Crippen molar-refractivity contribution in [1.29, 1.82) is 0 Å². The number of hydrogen-bond acceptors (Lipinski definition) is 5. The van der Waals surface area contributed by atoms with Crippen molar-refractivity contribution in [1.82, 2.24) is 0 Å². The fraction of sp³-hybridized carbons (Fsp3) is 0.263. The molecule has 0 aliphatic carbocycles. The van der Waals surface area contributed by atoms with Gasteiger partial charge in [0.05, 0.1) is 17.5 Å². The van der Waals surface area contributed by atoms with Gasteiger partial charge in [0, 0.05) is 35.4 Å². The van der Waals surface area contributed by atoms with Gasteiger partial charge < -0.3 is 20.6 Å². The average molecular weight is 371 g/mol. The Bertz CT molecular complexity index is 823. The third-order valence-electron chi connectivity index (χ3n) is 4.17. The number of carbonyl (C=O) groups is 2. The maximum atomic E-state index is 12.5. The third kappa shape index (κ3) is 4.00. The Balaban J connectivity index is 1.70. The largest absolute Gasteiger partial charge is 0.395 e. The zero-order chi connectivity index (χ0) is 18.7. The van der Waals surface area contributed by atoms with Crippen LogP contribution in [0.3, 0.4) is 0 Å². The number of aliphatic hydroxyl groups excluding tert-OH is 1. The first-order valence-corrected chi connectivity index (χ1v) is 9.21. The topological polar surface area (TPSA) is 81.7 Å². The highest BCUT2D eigenvalue weighted by molar-refractivity contribution is 8.00. The number of carbonyl (C=O) groups excluding carboxylic acids is 2. The maximum absolute atomic E-state index is 12.5. The smallest absolute Gasteiger partial charge is 0.255 e. The van der Waals surface area contributed by atoms with Crippen LogP contribution in [0.4, 0.5) is 17.1 Å². The van der Waals surface area contributed by atoms with E-state index in [-0.39, 0.29) is 23.7 Å². The van der Waals surface area contributed by atoms with Gasteiger partial charge in [-0.15, -0.1) is 11.8 Å². The van der Waals surface area contributed by atoms with Gasteiger partial charge in [-0.05, 0) is 49.4 Å². The highest BCUT2D eigenvalue weighted by Crippen LogP contribution is 2.36. The Morgan fingerprint density at radius 2 is 2.00 bits per heavy atom. The van der Waals surface area contributed by atoms with Gasteiger partial charge in [0.15, 0.2) is 0 Å². The predicted molar refractivity (Wildman–Crippen MR) is 105 cm³/mol. The van der Waals surface area contributed by atoms with Gasteiger partial charge >= 0.3 is 0 Å². The van der Waals surface area contributed by atoms with E-state index in [1.807, 2.05) is 49.2 Å². The molecular weight excluding hydrogens is 350 g/mol. The normalized spacial score (nSPS) is 15.8. The summed E-state index contributed by atoms with van der Waals surface area (Å²) in [6, 6.07) is 12.7. The average Bonchev–Trinajstić information content (AvgIpc) is 2.63. The second kappa shape index (κ2) is 7.80. The summed E-state index contributed by atoms with van der Waals surface area (Å²) < 4.78 is 0. The molecule has 0 spiro atoms. The van der Waals surface area contributed by atoms with Crippen molar-refractivity contribution in [3.63, 3.8) is 0 Å². The highest BCUT2D eigenvalue weighted by Gasteiger charge is 2.23. The van der Waals surface area contributed by atoms with Gasteiger partial charge in [-0.1, -0.05) is 0 Å². The summed E-state index contributed by atoms with van der Waals surface area (Å²) in [6.07, 6.45) is 0. The first-order chi connectivity index (χ1) is 12.5. The molecule has 1 heterocycles. The first-order valence-electron chi connectivity index (χ1n) is 8.33. The van der Waals surface area contributed by atoms with Crippen LogP contribution < -0.4 is 15.5 Å². The molecule has 0 saturated heterocycles. The van der Waals surface area contributed by atoms with Crippen molar-refractivity contribution >= 4 is 40.6 Å². The first kappa shape index (κ1) is 18.3. The predicted octanol–water partition coefficient (Wildman–Crippen LogP) is 2.80. The van der Waals surface area contributed by atoms with E-state index in [2.05, 4.69) is 10.6 Å². The molecule has 136 valence electrons. The Kier molecular flexibility index (Phi) is 5.49. The third-order valence-corrected chi connectivity index (χ3v) is 5.35. The van der Waals surface area contributed by atoms with Gasteiger partial charge in [0.25, 0.3) is 5.91 Å². The molecule has 7 heteroatoms. The van der Waals surface area contributed by atoms with Crippen LogP contribution >= 0.6 is 11.8 Å². The molecule has 0 fully saturated rings. The Hall–Kier alpha value is -2.51. The highest BCUT2D eigenvalue weighted by atomic mass is 32.2. The minimum Gasteiger partial charge on any atom is -0.395 e. The van der Waals surface area contributed by atoms with E-state index in [0.29, 0.717) is 23.5 Å². The number of nitrogens with zero attached hydrogens (tertiary/aromatic N) is 1.